The molecular weight excluding hydrogens is 472 g/mol. The number of hydrogen-bond acceptors (Lipinski definition) is 5. The number of esters is 1. The number of allylic oxidation sites excluding steroid dienone is 2. The molecule has 1 N–H and O–H groups in total. The lowest BCUT2D eigenvalue weighted by atomic mass is 9.80. The predicted octanol–water partition coefficient (Wildman–Crippen LogP) is 1.30. The van der Waals surface area contributed by atoms with E-state index in [-0.39, 0.29) is 24.3 Å². The van der Waals surface area contributed by atoms with Crippen LogP contribution in [0.1, 0.15) is 31.2 Å². The van der Waals surface area contributed by atoms with E-state index in [2.05, 4.69) is 53.7 Å². The molecule has 0 radical (unpaired) electrons. The number of halogens is 1. The number of aromatic nitrogens is 1. The molecule has 3 heterocycles. The van der Waals surface area contributed by atoms with Crippen molar-refractivity contribution in [3.8, 4) is 11.3 Å². The molecule has 7 heteroatoms. The van der Waals surface area contributed by atoms with E-state index >= 15 is 0 Å². The monoisotopic (exact) mass is 498 g/mol. The zero-order valence-corrected chi connectivity index (χ0v) is 20.8. The Bertz CT molecular complexity index is 1420. The first-order valence-corrected chi connectivity index (χ1v) is 12.2. The van der Waals surface area contributed by atoms with Gasteiger partial charge in [-0.3, -0.25) is 9.79 Å². The zero-order valence-electron chi connectivity index (χ0n) is 20.0. The van der Waals surface area contributed by atoms with Crippen LogP contribution in [0.4, 0.5) is 0 Å². The maximum atomic E-state index is 12.0. The average molecular weight is 499 g/mol. The Morgan fingerprint density at radius 2 is 1.75 bits per heavy atom. The number of pyridine rings is 1. The van der Waals surface area contributed by atoms with E-state index in [0.29, 0.717) is 5.92 Å². The van der Waals surface area contributed by atoms with Gasteiger partial charge in [-0.1, -0.05) is 42.5 Å². The van der Waals surface area contributed by atoms with E-state index in [0.717, 1.165) is 75.5 Å². The maximum Gasteiger partial charge on any atom is 0.308 e. The topological polar surface area (TPSA) is 68.3 Å². The molecule has 1 aromatic heterocycles. The van der Waals surface area contributed by atoms with Crippen LogP contribution in [0.5, 0.6) is 0 Å². The molecule has 2 aromatic carbocycles. The lowest BCUT2D eigenvalue weighted by Crippen LogP contribution is -3.08. The van der Waals surface area contributed by atoms with Gasteiger partial charge in [-0.05, 0) is 43.9 Å². The fraction of sp³-hybridized carbons (Fsp3) is 0.241. The summed E-state index contributed by atoms with van der Waals surface area (Å²) in [6, 6.07) is 20.8. The number of rotatable bonds is 4. The molecule has 36 heavy (non-hydrogen) atoms. The van der Waals surface area contributed by atoms with Gasteiger partial charge in [-0.25, -0.2) is 9.88 Å². The number of aliphatic imine (C=N–C) groups is 2. The number of hydrogen-bond donors (Lipinski definition) is 1. The van der Waals surface area contributed by atoms with Crippen molar-refractivity contribution in [2.75, 3.05) is 7.11 Å². The van der Waals surface area contributed by atoms with E-state index in [9.17, 15) is 4.79 Å². The quantitative estimate of drug-likeness (QED) is 0.551. The van der Waals surface area contributed by atoms with E-state index in [4.69, 9.17) is 14.7 Å². The molecule has 0 amide bonds. The third kappa shape index (κ3) is 4.38. The van der Waals surface area contributed by atoms with Crippen LogP contribution in [-0.2, 0) is 9.53 Å². The number of nitrogens with zero attached hydrogens (tertiary/aromatic N) is 3. The first-order valence-electron chi connectivity index (χ1n) is 12.2. The summed E-state index contributed by atoms with van der Waals surface area (Å²) in [4.78, 5) is 27.6. The van der Waals surface area contributed by atoms with E-state index in [1.807, 2.05) is 30.6 Å². The lowest BCUT2D eigenvalue weighted by Gasteiger charge is -2.26. The number of quaternary nitrogens is 1. The highest BCUT2D eigenvalue weighted by Crippen LogP contribution is 2.36. The van der Waals surface area contributed by atoms with Gasteiger partial charge in [-0.2, -0.15) is 4.99 Å². The Hall–Kier alpha value is -3.61. The van der Waals surface area contributed by atoms with Crippen molar-refractivity contribution in [1.82, 2.24) is 4.98 Å². The van der Waals surface area contributed by atoms with Crippen LogP contribution >= 0.6 is 0 Å². The van der Waals surface area contributed by atoms with Gasteiger partial charge in [0.05, 0.1) is 42.2 Å². The first kappa shape index (κ1) is 24.1. The van der Waals surface area contributed by atoms with Crippen molar-refractivity contribution < 1.29 is 26.8 Å². The highest BCUT2D eigenvalue weighted by atomic mass is 35.5. The van der Waals surface area contributed by atoms with Crippen LogP contribution in [0.25, 0.3) is 22.2 Å². The summed E-state index contributed by atoms with van der Waals surface area (Å²) in [7, 11) is 1.47. The Morgan fingerprint density at radius 3 is 2.53 bits per heavy atom. The van der Waals surface area contributed by atoms with Gasteiger partial charge in [0.15, 0.2) is 5.70 Å². The summed E-state index contributed by atoms with van der Waals surface area (Å²) in [6.45, 7) is 0. The summed E-state index contributed by atoms with van der Waals surface area (Å²) < 4.78 is 4.96. The van der Waals surface area contributed by atoms with Gasteiger partial charge in [0.1, 0.15) is 11.9 Å². The number of benzene rings is 2. The molecule has 1 saturated carbocycles. The molecule has 6 rings (SSSR count). The van der Waals surface area contributed by atoms with Crippen molar-refractivity contribution >= 4 is 28.9 Å². The van der Waals surface area contributed by atoms with Gasteiger partial charge in [0.25, 0.3) is 0 Å². The molecule has 1 fully saturated rings. The summed E-state index contributed by atoms with van der Waals surface area (Å²) in [5, 5.41) is 1.10. The Morgan fingerprint density at radius 1 is 0.972 bits per heavy atom. The van der Waals surface area contributed by atoms with Gasteiger partial charge in [0, 0.05) is 16.9 Å². The van der Waals surface area contributed by atoms with Crippen molar-refractivity contribution in [3.63, 3.8) is 0 Å². The molecule has 0 spiro atoms. The number of ether oxygens (including phenoxy) is 1. The third-order valence-corrected chi connectivity index (χ3v) is 7.27. The van der Waals surface area contributed by atoms with Crippen LogP contribution < -0.4 is 17.3 Å². The number of nitrogens with one attached hydrogen (secondary N) is 1. The van der Waals surface area contributed by atoms with Crippen LogP contribution in [0, 0.1) is 11.8 Å². The average Bonchev–Trinajstić information content (AvgIpc) is 3.32. The molecule has 2 aliphatic heterocycles. The summed E-state index contributed by atoms with van der Waals surface area (Å²) in [5.41, 5.74) is 6.28. The number of fused-ring (bicyclic) bond motifs is 2. The molecule has 1 unspecified atom stereocenters. The number of carbonyl (C=O) groups is 1. The summed E-state index contributed by atoms with van der Waals surface area (Å²) in [6.07, 6.45) is 9.35. The van der Waals surface area contributed by atoms with Crippen molar-refractivity contribution in [3.05, 3.63) is 90.0 Å². The Kier molecular flexibility index (Phi) is 6.81. The predicted molar refractivity (Wildman–Crippen MR) is 137 cm³/mol. The number of amidine groups is 1. The zero-order chi connectivity index (χ0) is 23.8. The second-order valence-corrected chi connectivity index (χ2v) is 9.31. The van der Waals surface area contributed by atoms with Gasteiger partial charge >= 0.3 is 5.97 Å². The normalized spacial score (nSPS) is 22.7. The minimum Gasteiger partial charge on any atom is -1.00 e. The molecule has 3 aromatic rings. The molecule has 0 saturated heterocycles. The second kappa shape index (κ2) is 10.2. The largest absolute Gasteiger partial charge is 1.00 e. The number of methoxy groups -OCH3 is 1. The van der Waals surface area contributed by atoms with Crippen LogP contribution in [0.3, 0.4) is 0 Å². The fourth-order valence-electron chi connectivity index (χ4n) is 5.38. The van der Waals surface area contributed by atoms with Gasteiger partial charge in [-0.15, -0.1) is 0 Å². The minimum absolute atomic E-state index is 0. The van der Waals surface area contributed by atoms with Gasteiger partial charge < -0.3 is 17.1 Å². The molecule has 1 atom stereocenters. The van der Waals surface area contributed by atoms with Gasteiger partial charge in [0.2, 0.25) is 5.84 Å². The SMILES string of the molecule is COC(=O)C1CCC(C2=C3C=NC=C[NH+]3C(c3ccc4ccc(-c5ccccc5)nc4c3)=N2)CC1.[Cl-]. The van der Waals surface area contributed by atoms with E-state index < -0.39 is 0 Å². The molecule has 3 aliphatic rings. The van der Waals surface area contributed by atoms with E-state index in [1.54, 1.807) is 0 Å². The van der Waals surface area contributed by atoms with E-state index in [1.165, 1.54) is 7.11 Å². The van der Waals surface area contributed by atoms with Crippen LogP contribution in [0.2, 0.25) is 0 Å². The lowest BCUT2D eigenvalue weighted by molar-refractivity contribution is -0.689. The van der Waals surface area contributed by atoms with Crippen molar-refractivity contribution in [2.24, 2.45) is 21.8 Å². The van der Waals surface area contributed by atoms with Crippen LogP contribution in [-0.4, -0.2) is 30.1 Å². The smallest absolute Gasteiger partial charge is 0.308 e. The highest BCUT2D eigenvalue weighted by molar-refractivity contribution is 6.01. The summed E-state index contributed by atoms with van der Waals surface area (Å²) >= 11 is 0. The third-order valence-electron chi connectivity index (χ3n) is 7.27. The second-order valence-electron chi connectivity index (χ2n) is 9.31. The Labute approximate surface area is 216 Å². The number of carbonyl (C=O) groups excluding carboxylic acids is 1. The fourth-order valence-corrected chi connectivity index (χ4v) is 5.38. The van der Waals surface area contributed by atoms with Crippen LogP contribution in [0.15, 0.2) is 94.4 Å². The Balaban J connectivity index is 0.00000267. The van der Waals surface area contributed by atoms with Crippen molar-refractivity contribution in [1.29, 1.82) is 0 Å². The minimum atomic E-state index is -0.0929. The standard InChI is InChI=1S/C29H26N4O2.ClH/c1-35-29(34)22-10-8-21(9-11-22)27-26-18-30-15-16-33(26)28(32-27)23-12-7-20-13-14-24(31-25(20)17-23)19-5-3-2-4-6-19;/h2-7,12-18,21-22H,8-11H2,1H3;1H. The van der Waals surface area contributed by atoms with Crippen molar-refractivity contribution in [2.45, 2.75) is 25.7 Å². The molecule has 182 valence electrons. The first-order chi connectivity index (χ1) is 17.2. The molecule has 1 aliphatic carbocycles. The molecular formula is C29H27ClN4O2. The summed E-state index contributed by atoms with van der Waals surface area (Å²) in [5.74, 6) is 1.20. The highest BCUT2D eigenvalue weighted by Gasteiger charge is 2.38. The molecule has 6 nitrogen and oxygen atoms in total. The maximum absolute atomic E-state index is 12.0. The molecule has 0 bridgehead atoms.